The number of rotatable bonds is 38. The van der Waals surface area contributed by atoms with Gasteiger partial charge in [-0.2, -0.15) is 0 Å². The van der Waals surface area contributed by atoms with E-state index in [1.54, 1.807) is 71.9 Å². The number of nitrogens with two attached hydrogens (primary N) is 1. The number of aromatic hydroxyl groups is 1. The number of hydrogen-bond acceptors (Lipinski definition) is 14. The van der Waals surface area contributed by atoms with E-state index in [0.29, 0.717) is 23.3 Å². The van der Waals surface area contributed by atoms with E-state index in [4.69, 9.17) is 5.73 Å². The Labute approximate surface area is 498 Å². The molecule has 0 spiro atoms. The Bertz CT molecular complexity index is 2730. The van der Waals surface area contributed by atoms with Crippen LogP contribution in [0.15, 0.2) is 84.9 Å². The number of carbonyl (C=O) groups excluding carboxylic acids is 10. The zero-order valence-corrected chi connectivity index (χ0v) is 49.6. The fourth-order valence-electron chi connectivity index (χ4n) is 8.48. The first-order valence-corrected chi connectivity index (χ1v) is 29.1. The minimum Gasteiger partial charge on any atom is -0.508 e. The lowest BCUT2D eigenvalue weighted by molar-refractivity contribution is -0.139. The van der Waals surface area contributed by atoms with E-state index < -0.39 is 150 Å². The maximum atomic E-state index is 14.5. The Balaban J connectivity index is 1.89. The number of carbonyl (C=O) groups is 12. The SMILES string of the molecule is CC(C)C[C@H](NC(=O)[C@@H](NC(=O)CNC(=O)c1ccccc1)C(C)C)C(=O)N[C@@H](CCCCNC(=O)C[C@H](SCCc1ccccc1)C(=O)O)C(=O)N[C@@H](CCC(=O)O)C(=O)N[C@@H](Cc1ccc(O)cc1)C(=O)NCC(=O)N[C@H](C(N)=O)C(C)C. The van der Waals surface area contributed by atoms with Gasteiger partial charge in [-0.3, -0.25) is 57.5 Å². The number of nitrogens with one attached hydrogen (secondary N) is 9. The second-order valence-corrected chi connectivity index (χ2v) is 22.7. The summed E-state index contributed by atoms with van der Waals surface area (Å²) in [5, 5.41) is 51.5. The van der Waals surface area contributed by atoms with Crippen LogP contribution in [0.2, 0.25) is 0 Å². The minimum atomic E-state index is -1.69. The number of benzene rings is 3. The molecule has 0 bridgehead atoms. The van der Waals surface area contributed by atoms with E-state index in [1.165, 1.54) is 24.3 Å². The molecular formula is C59H82N10O15S. The maximum absolute atomic E-state index is 14.5. The number of primary amides is 1. The number of thioether (sulfide) groups is 1. The first-order valence-electron chi connectivity index (χ1n) is 28.1. The molecular weight excluding hydrogens is 1120 g/mol. The monoisotopic (exact) mass is 1200 g/mol. The summed E-state index contributed by atoms with van der Waals surface area (Å²) < 4.78 is 0. The maximum Gasteiger partial charge on any atom is 0.317 e. The van der Waals surface area contributed by atoms with Gasteiger partial charge in [-0.1, -0.05) is 102 Å². The molecule has 0 aliphatic rings. The fraction of sp³-hybridized carbons (Fsp3) is 0.492. The highest BCUT2D eigenvalue weighted by molar-refractivity contribution is 8.00. The number of hydrogen-bond donors (Lipinski definition) is 13. The van der Waals surface area contributed by atoms with Gasteiger partial charge in [0, 0.05) is 31.4 Å². The summed E-state index contributed by atoms with van der Waals surface area (Å²) in [4.78, 5) is 159. The summed E-state index contributed by atoms with van der Waals surface area (Å²) in [6.07, 6.45) is -1.04. The smallest absolute Gasteiger partial charge is 0.317 e. The molecule has 3 rings (SSSR count). The number of aryl methyl sites for hydroxylation is 1. The zero-order valence-electron chi connectivity index (χ0n) is 48.8. The standard InChI is InChI=1S/C59H82N10O15S/c1-34(2)29-43(67-58(82)51(36(5)6)69-48(73)32-62-53(77)39-17-11-8-12-18-39)57(81)64-41(19-13-14-27-61-46(71)31-45(59(83)84)85-28-26-37-15-9-7-10-16-37)55(79)65-42(24-25-49(74)75)56(80)66-44(30-38-20-22-40(70)23-21-38)54(78)63-33-47(72)68-50(35(3)4)52(60)76/h7-12,15-18,20-23,34-36,41-45,50-51,70H,13-14,19,24-33H2,1-6H3,(H2,60,76)(H,61,71)(H,62,77)(H,63,78)(H,64,81)(H,65,79)(H,66,80)(H,67,82)(H,68,72)(H,69,73)(H,74,75)(H,83,84)/t41-,42-,43-,44-,45-,50-,51-/m0/s1. The molecule has 0 saturated heterocycles. The van der Waals surface area contributed by atoms with Crippen LogP contribution in [0, 0.1) is 17.8 Å². The third-order valence-corrected chi connectivity index (χ3v) is 14.3. The number of phenols is 1. The molecule has 25 nitrogen and oxygen atoms in total. The number of aliphatic carboxylic acids is 2. The van der Waals surface area contributed by atoms with Gasteiger partial charge in [-0.15, -0.1) is 11.8 Å². The Hall–Kier alpha value is -8.55. The molecule has 0 fully saturated rings. The normalized spacial score (nSPS) is 13.5. The molecule has 3 aromatic carbocycles. The van der Waals surface area contributed by atoms with Crippen LogP contribution in [0.1, 0.15) is 108 Å². The van der Waals surface area contributed by atoms with Crippen molar-refractivity contribution in [2.45, 2.75) is 141 Å². The molecule has 464 valence electrons. The highest BCUT2D eigenvalue weighted by Crippen LogP contribution is 2.18. The predicted molar refractivity (Wildman–Crippen MR) is 316 cm³/mol. The third-order valence-electron chi connectivity index (χ3n) is 13.1. The molecule has 0 unspecified atom stereocenters. The highest BCUT2D eigenvalue weighted by Gasteiger charge is 2.34. The molecule has 85 heavy (non-hydrogen) atoms. The van der Waals surface area contributed by atoms with Gasteiger partial charge in [0.15, 0.2) is 0 Å². The van der Waals surface area contributed by atoms with E-state index >= 15 is 0 Å². The predicted octanol–water partition coefficient (Wildman–Crippen LogP) is 1.20. The van der Waals surface area contributed by atoms with E-state index in [1.807, 2.05) is 30.3 Å². The van der Waals surface area contributed by atoms with Crippen molar-refractivity contribution in [2.75, 3.05) is 25.4 Å². The van der Waals surface area contributed by atoms with Gasteiger partial charge in [0.1, 0.15) is 47.3 Å². The average molecular weight is 1200 g/mol. The largest absolute Gasteiger partial charge is 0.508 e. The number of unbranched alkanes of at least 4 members (excludes halogenated alkanes) is 1. The van der Waals surface area contributed by atoms with Crippen LogP contribution in [0.5, 0.6) is 5.75 Å². The summed E-state index contributed by atoms with van der Waals surface area (Å²) >= 11 is 1.13. The lowest BCUT2D eigenvalue weighted by Gasteiger charge is -2.28. The number of carboxylic acids is 2. The van der Waals surface area contributed by atoms with Crippen molar-refractivity contribution in [3.05, 3.63) is 102 Å². The van der Waals surface area contributed by atoms with Gasteiger partial charge in [-0.25, -0.2) is 0 Å². The van der Waals surface area contributed by atoms with Crippen molar-refractivity contribution in [1.29, 1.82) is 0 Å². The minimum absolute atomic E-state index is 0.0188. The quantitative estimate of drug-likeness (QED) is 0.0359. The number of carboxylic acid groups (broad SMARTS) is 2. The third kappa shape index (κ3) is 27.1. The molecule has 0 aromatic heterocycles. The number of amides is 10. The van der Waals surface area contributed by atoms with Crippen LogP contribution in [-0.2, 0) is 65.6 Å². The van der Waals surface area contributed by atoms with Crippen molar-refractivity contribution in [1.82, 2.24) is 47.9 Å². The van der Waals surface area contributed by atoms with Crippen LogP contribution >= 0.6 is 11.8 Å². The van der Waals surface area contributed by atoms with E-state index in [-0.39, 0.29) is 56.7 Å². The summed E-state index contributed by atoms with van der Waals surface area (Å²) in [7, 11) is 0. The van der Waals surface area contributed by atoms with Crippen LogP contribution in [0.25, 0.3) is 0 Å². The molecule has 26 heteroatoms. The van der Waals surface area contributed by atoms with Crippen LogP contribution < -0.4 is 53.6 Å². The second-order valence-electron chi connectivity index (χ2n) is 21.4. The summed E-state index contributed by atoms with van der Waals surface area (Å²) in [6.45, 7) is 9.00. The molecule has 0 heterocycles. The number of phenolic OH excluding ortho intramolecular Hbond substituents is 1. The van der Waals surface area contributed by atoms with E-state index in [9.17, 15) is 72.9 Å². The first-order chi connectivity index (χ1) is 40.2. The van der Waals surface area contributed by atoms with Crippen LogP contribution in [-0.4, -0.2) is 153 Å². The van der Waals surface area contributed by atoms with Gasteiger partial charge in [0.25, 0.3) is 5.91 Å². The molecule has 0 radical (unpaired) electrons. The first kappa shape index (κ1) is 70.7. The van der Waals surface area contributed by atoms with Crippen molar-refractivity contribution >= 4 is 82.8 Å². The van der Waals surface area contributed by atoms with Crippen LogP contribution in [0.4, 0.5) is 0 Å². The van der Waals surface area contributed by atoms with Gasteiger partial charge in [0.2, 0.25) is 53.2 Å². The van der Waals surface area contributed by atoms with Crippen molar-refractivity contribution in [2.24, 2.45) is 23.5 Å². The van der Waals surface area contributed by atoms with Crippen LogP contribution in [0.3, 0.4) is 0 Å². The summed E-state index contributed by atoms with van der Waals surface area (Å²) in [5.41, 5.74) is 7.16. The molecule has 7 atom stereocenters. The Morgan fingerprint density at radius 1 is 0.529 bits per heavy atom. The van der Waals surface area contributed by atoms with Gasteiger partial charge < -0.3 is 68.9 Å². The van der Waals surface area contributed by atoms with Crippen molar-refractivity contribution < 1.29 is 72.9 Å². The Morgan fingerprint density at radius 2 is 1.06 bits per heavy atom. The Morgan fingerprint density at radius 3 is 1.61 bits per heavy atom. The molecule has 14 N–H and O–H groups in total. The molecule has 0 aliphatic heterocycles. The van der Waals surface area contributed by atoms with Gasteiger partial charge >= 0.3 is 11.9 Å². The molecule has 3 aromatic rings. The Kier molecular flexibility index (Phi) is 30.7. The zero-order chi connectivity index (χ0) is 63.2. The van der Waals surface area contributed by atoms with Crippen molar-refractivity contribution in [3.8, 4) is 5.75 Å². The second kappa shape index (κ2) is 36.9. The van der Waals surface area contributed by atoms with Gasteiger partial charge in [-0.05, 0) is 97.4 Å². The van der Waals surface area contributed by atoms with Crippen molar-refractivity contribution in [3.63, 3.8) is 0 Å². The lowest BCUT2D eigenvalue weighted by Crippen LogP contribution is -2.60. The summed E-state index contributed by atoms with van der Waals surface area (Å²) in [6, 6.07) is 14.8. The molecule has 0 saturated carbocycles. The summed E-state index contributed by atoms with van der Waals surface area (Å²) in [5.74, 6) is -11.3. The van der Waals surface area contributed by atoms with E-state index in [2.05, 4.69) is 47.9 Å². The highest BCUT2D eigenvalue weighted by atomic mass is 32.2. The molecule has 10 amide bonds. The molecule has 0 aliphatic carbocycles. The van der Waals surface area contributed by atoms with Gasteiger partial charge in [0.05, 0.1) is 13.1 Å². The topological polar surface area (TPSA) is 400 Å². The fourth-order valence-corrected chi connectivity index (χ4v) is 9.53. The van der Waals surface area contributed by atoms with E-state index in [0.717, 1.165) is 17.3 Å². The lowest BCUT2D eigenvalue weighted by atomic mass is 9.99. The average Bonchev–Trinajstić information content (AvgIpc) is 3.58.